The molecule has 36 heteroatoms. The Morgan fingerprint density at radius 1 is 0.308 bits per heavy atom. The van der Waals surface area contributed by atoms with E-state index < -0.39 is 117 Å². The van der Waals surface area contributed by atoms with Crippen LogP contribution in [0.3, 0.4) is 0 Å². The number of carbonyl (C=O) groups is 6. The molecule has 78 heavy (non-hydrogen) atoms. The van der Waals surface area contributed by atoms with E-state index in [1.165, 1.54) is 35.5 Å². The molecule has 0 spiro atoms. The van der Waals surface area contributed by atoms with Crippen molar-refractivity contribution < 1.29 is 115 Å². The normalized spacial score (nSPS) is 12.8. The van der Waals surface area contributed by atoms with Crippen LogP contribution in [0.25, 0.3) is 0 Å². The van der Waals surface area contributed by atoms with Crippen molar-refractivity contribution >= 4 is 81.0 Å². The van der Waals surface area contributed by atoms with Crippen LogP contribution >= 0.6 is 45.6 Å². The second-order valence-electron chi connectivity index (χ2n) is 19.1. The van der Waals surface area contributed by atoms with Crippen LogP contribution in [0.15, 0.2) is 0 Å². The third-order valence-corrected chi connectivity index (χ3v) is 24.3. The van der Waals surface area contributed by atoms with Crippen molar-refractivity contribution in [2.45, 2.75) is 137 Å². The first-order valence-electron chi connectivity index (χ1n) is 24.2. The van der Waals surface area contributed by atoms with E-state index >= 15 is 0 Å². The fraction of sp³-hybridized carbons (Fsp3) is 0.714. The Labute approximate surface area is 452 Å². The lowest BCUT2D eigenvalue weighted by molar-refractivity contribution is -0.130. The third kappa shape index (κ3) is 23.8. The largest absolute Gasteiger partial charge is 0.342 e. The number of hydrogen-bond acceptors (Lipinski definition) is 12. The number of amides is 6. The van der Waals surface area contributed by atoms with Crippen molar-refractivity contribution in [3.63, 3.8) is 0 Å². The number of unbranched alkanes of at least 4 members (excludes halogenated alkanes) is 3. The molecule has 0 fully saturated rings. The lowest BCUT2D eigenvalue weighted by Gasteiger charge is -2.32. The fourth-order valence-corrected chi connectivity index (χ4v) is 15.6. The quantitative estimate of drug-likeness (QED) is 0.0351. The summed E-state index contributed by atoms with van der Waals surface area (Å²) in [6.07, 6.45) is 0.871. The molecule has 30 nitrogen and oxygen atoms in total. The van der Waals surface area contributed by atoms with Crippen LogP contribution in [0.5, 0.6) is 0 Å². The zero-order valence-electron chi connectivity index (χ0n) is 45.1. The maximum atomic E-state index is 13.3. The summed E-state index contributed by atoms with van der Waals surface area (Å²) in [6, 6.07) is 0. The number of benzene rings is 1. The van der Waals surface area contributed by atoms with Gasteiger partial charge in [-0.15, -0.1) is 0 Å². The van der Waals surface area contributed by atoms with E-state index in [1.54, 1.807) is 20.8 Å². The van der Waals surface area contributed by atoms with Gasteiger partial charge in [0.1, 0.15) is 0 Å². The summed E-state index contributed by atoms with van der Waals surface area (Å²) in [6.45, 7) is 8.81. The van der Waals surface area contributed by atoms with Gasteiger partial charge in [-0.3, -0.25) is 56.2 Å². The zero-order chi connectivity index (χ0) is 60.9. The molecule has 0 saturated carbocycles. The smallest absolute Gasteiger partial charge is 0.341 e. The molecule has 0 heterocycles. The number of carbonyl (C=O) groups excluding carboxylic acids is 6. The van der Waals surface area contributed by atoms with Crippen LogP contribution in [-0.4, -0.2) is 199 Å². The van der Waals surface area contributed by atoms with Gasteiger partial charge in [0.05, 0.1) is 0 Å². The van der Waals surface area contributed by atoms with Crippen molar-refractivity contribution in [2.75, 3.05) is 58.9 Å². The monoisotopic (exact) mass is 1240 g/mol. The Hall–Kier alpha value is -3.06. The summed E-state index contributed by atoms with van der Waals surface area (Å²) in [7, 11) is -32.2. The van der Waals surface area contributed by atoms with Crippen LogP contribution < -0.4 is 0 Å². The van der Waals surface area contributed by atoms with Crippen LogP contribution in [0.2, 0.25) is 0 Å². The van der Waals surface area contributed by atoms with E-state index in [9.17, 15) is 115 Å². The van der Waals surface area contributed by atoms with Crippen molar-refractivity contribution in [2.24, 2.45) is 0 Å². The average molecular weight is 1240 g/mol. The first-order valence-corrected chi connectivity index (χ1v) is 34.3. The van der Waals surface area contributed by atoms with Crippen molar-refractivity contribution in [1.29, 1.82) is 0 Å². The Kier molecular flexibility index (Phi) is 28.3. The van der Waals surface area contributed by atoms with Gasteiger partial charge < -0.3 is 88.1 Å². The van der Waals surface area contributed by atoms with Crippen LogP contribution in [0.1, 0.15) is 113 Å². The minimum atomic E-state index is -5.37. The minimum absolute atomic E-state index is 0.0404. The predicted molar refractivity (Wildman–Crippen MR) is 282 cm³/mol. The van der Waals surface area contributed by atoms with E-state index in [1.807, 2.05) is 0 Å². The molecule has 0 saturated heterocycles. The summed E-state index contributed by atoms with van der Waals surface area (Å²) in [4.78, 5) is 200. The Morgan fingerprint density at radius 2 is 0.449 bits per heavy atom. The van der Waals surface area contributed by atoms with Gasteiger partial charge in [-0.05, 0) is 92.7 Å². The molecule has 1 aromatic carbocycles. The molecule has 1 aromatic rings. The highest BCUT2D eigenvalue weighted by Gasteiger charge is 2.47. The highest BCUT2D eigenvalue weighted by Crippen LogP contribution is 2.61. The second kappa shape index (κ2) is 30.3. The first-order chi connectivity index (χ1) is 35.2. The maximum absolute atomic E-state index is 13.3. The third-order valence-electron chi connectivity index (χ3n) is 13.2. The van der Waals surface area contributed by atoms with Gasteiger partial charge in [0.25, 0.3) is 0 Å². The van der Waals surface area contributed by atoms with Gasteiger partial charge in [-0.1, -0.05) is 0 Å². The van der Waals surface area contributed by atoms with Crippen molar-refractivity contribution in [1.82, 2.24) is 29.4 Å². The maximum Gasteiger partial charge on any atom is 0.342 e. The van der Waals surface area contributed by atoms with Gasteiger partial charge in [-0.2, -0.15) is 0 Å². The molecule has 1 rings (SSSR count). The highest BCUT2D eigenvalue weighted by atomic mass is 31.2. The molecule has 0 atom stereocenters. The summed E-state index contributed by atoms with van der Waals surface area (Å²) in [5.41, 5.74) is 3.65. The topological polar surface area (TPSA) is 467 Å². The van der Waals surface area contributed by atoms with E-state index in [4.69, 9.17) is 0 Å². The van der Waals surface area contributed by atoms with Gasteiger partial charge in [0.2, 0.25) is 35.4 Å². The molecule has 0 aliphatic rings. The summed E-state index contributed by atoms with van der Waals surface area (Å²) < 4.78 is 71.7. The molecule has 12 N–H and O–H groups in total. The molecular formula is C42H78N6O24P6. The van der Waals surface area contributed by atoms with Gasteiger partial charge in [0, 0.05) is 120 Å². The lowest BCUT2D eigenvalue weighted by atomic mass is 9.87. The molecule has 0 aromatic heterocycles. The summed E-state index contributed by atoms with van der Waals surface area (Å²) >= 11 is 0. The highest BCUT2D eigenvalue weighted by molar-refractivity contribution is 7.71. The van der Waals surface area contributed by atoms with E-state index in [0.717, 1.165) is 35.5 Å². The predicted octanol–water partition coefficient (Wildman–Crippen LogP) is 1.59. The molecule has 0 bridgehead atoms. The van der Waals surface area contributed by atoms with Gasteiger partial charge in [-0.25, -0.2) is 0 Å². The van der Waals surface area contributed by atoms with E-state index in [-0.39, 0.29) is 97.4 Å². The molecular weight excluding hydrogens is 1160 g/mol. The minimum Gasteiger partial charge on any atom is -0.341 e. The molecule has 0 radical (unpaired) electrons. The lowest BCUT2D eigenvalue weighted by Crippen LogP contribution is -2.37. The molecule has 0 aliphatic carbocycles. The summed E-state index contributed by atoms with van der Waals surface area (Å²) in [5.74, 6) is -3.43. The Morgan fingerprint density at radius 3 is 0.577 bits per heavy atom. The fourth-order valence-electron chi connectivity index (χ4n) is 8.48. The van der Waals surface area contributed by atoms with E-state index in [0.29, 0.717) is 33.4 Å². The van der Waals surface area contributed by atoms with Gasteiger partial charge >= 0.3 is 45.6 Å². The van der Waals surface area contributed by atoms with Crippen LogP contribution in [0, 0.1) is 20.8 Å². The van der Waals surface area contributed by atoms with Crippen LogP contribution in [-0.2, 0) is 75.8 Å². The van der Waals surface area contributed by atoms with Gasteiger partial charge in [0.15, 0.2) is 16.2 Å². The zero-order valence-corrected chi connectivity index (χ0v) is 50.5. The number of nitrogens with zero attached hydrogens (tertiary/aromatic N) is 6. The molecule has 0 aliphatic heterocycles. The Bertz CT molecular complexity index is 2240. The Balaban J connectivity index is 3.76. The number of hydrogen-bond donors (Lipinski definition) is 12. The van der Waals surface area contributed by atoms with Crippen LogP contribution in [0.4, 0.5) is 0 Å². The first kappa shape index (κ1) is 73.0. The molecule has 450 valence electrons. The SMILES string of the molecule is CC(=O)N(CCCCN(CC(P(=O)(O)O)P(=O)(O)O)C(C)=O)Cc1c(C)c(CN(CCCCN(CC(P(=O)(O)O)P(=O)(O)O)C(C)=O)C(C)=O)c(C)c(CN(CCCCN(CC(P(=O)(O)O)P(=O)(O)O)C(C)=O)C(C)=O)c1C. The van der Waals surface area contributed by atoms with Crippen molar-refractivity contribution in [3.05, 3.63) is 33.4 Å². The molecule has 0 unspecified atom stereocenters. The molecule has 6 amide bonds. The van der Waals surface area contributed by atoms with Crippen molar-refractivity contribution in [3.8, 4) is 0 Å². The number of rotatable bonds is 33. The average Bonchev–Trinajstić information content (AvgIpc) is 3.23. The standard InChI is InChI=1S/C42H78N6O24P6/c1-28-37(22-43(31(4)49)16-10-13-19-46(34(7)52)25-40(73(55,56)57)74(58,59)60)29(2)39(24-45(33(6)51)18-12-15-21-48(36(9)54)27-42(77(67,68)69)78(70,71)72)30(3)38(28)23-44(32(5)50)17-11-14-20-47(35(8)53)26-41(75(61,62)63)76(64,65)66/h40-42H,10-27H2,1-9H3,(H2,55,56,57)(H2,58,59,60)(H2,61,62,63)(H2,64,65,66)(H2,67,68,69)(H2,70,71,72). The summed E-state index contributed by atoms with van der Waals surface area (Å²) in [5, 5.41) is -7.41. The second-order valence-corrected chi connectivity index (χ2v) is 31.2. The van der Waals surface area contributed by atoms with E-state index in [2.05, 4.69) is 0 Å².